The molecule has 3 aromatic rings. The number of rotatable bonds is 9. The second kappa shape index (κ2) is 10.4. The number of oxime groups is 1. The predicted octanol–water partition coefficient (Wildman–Crippen LogP) is 5.00. The molecule has 30 heavy (non-hydrogen) atoms. The van der Waals surface area contributed by atoms with Crippen molar-refractivity contribution in [3.05, 3.63) is 70.8 Å². The van der Waals surface area contributed by atoms with Crippen molar-refractivity contribution < 1.29 is 14.0 Å². The molecule has 1 heterocycles. The summed E-state index contributed by atoms with van der Waals surface area (Å²) in [4.78, 5) is 13.3. The number of nitrogens with zero attached hydrogens (tertiary/aromatic N) is 3. The van der Waals surface area contributed by atoms with Crippen LogP contribution in [-0.2, 0) is 11.4 Å². The smallest absolute Gasteiger partial charge is 0.144 e. The number of hydrogen-bond donors (Lipinski definition) is 2. The van der Waals surface area contributed by atoms with Crippen molar-refractivity contribution in [1.29, 1.82) is 0 Å². The minimum absolute atomic E-state index is 0.208. The van der Waals surface area contributed by atoms with E-state index in [1.807, 2.05) is 6.92 Å². The van der Waals surface area contributed by atoms with Crippen molar-refractivity contribution in [2.24, 2.45) is 5.16 Å². The molecule has 0 aliphatic rings. The molecule has 156 valence electrons. The Morgan fingerprint density at radius 1 is 1.17 bits per heavy atom. The normalized spacial score (nSPS) is 10.8. The molecule has 0 saturated carbocycles. The average molecular weight is 430 g/mol. The number of hydrogen-bond acceptors (Lipinski definition) is 7. The Labute approximate surface area is 178 Å². The Kier molecular flexibility index (Phi) is 7.40. The molecule has 0 saturated heterocycles. The number of nitrogens with one attached hydrogen (secondary N) is 2. The van der Waals surface area contributed by atoms with Crippen LogP contribution in [0.5, 0.6) is 5.75 Å². The average Bonchev–Trinajstić information content (AvgIpc) is 2.73. The molecule has 1 aromatic heterocycles. The van der Waals surface area contributed by atoms with Gasteiger partial charge in [0.25, 0.3) is 0 Å². The maximum atomic E-state index is 13.3. The van der Waals surface area contributed by atoms with Gasteiger partial charge >= 0.3 is 0 Å². The van der Waals surface area contributed by atoms with E-state index < -0.39 is 0 Å². The zero-order valence-corrected chi connectivity index (χ0v) is 17.3. The maximum absolute atomic E-state index is 13.3. The van der Waals surface area contributed by atoms with Crippen LogP contribution in [0.4, 0.5) is 21.7 Å². The maximum Gasteiger partial charge on any atom is 0.144 e. The monoisotopic (exact) mass is 429 g/mol. The van der Waals surface area contributed by atoms with Gasteiger partial charge in [-0.25, -0.2) is 14.4 Å². The quantitative estimate of drug-likeness (QED) is 0.368. The third kappa shape index (κ3) is 5.57. The lowest BCUT2D eigenvalue weighted by atomic mass is 10.2. The van der Waals surface area contributed by atoms with Gasteiger partial charge < -0.3 is 20.2 Å². The number of halogens is 2. The molecule has 0 aliphatic heterocycles. The number of anilines is 3. The van der Waals surface area contributed by atoms with E-state index in [2.05, 4.69) is 25.8 Å². The molecular formula is C21H21ClFN5O2. The van der Waals surface area contributed by atoms with Crippen LogP contribution in [0.2, 0.25) is 5.02 Å². The molecule has 0 atom stereocenters. The third-order valence-corrected chi connectivity index (χ3v) is 4.29. The lowest BCUT2D eigenvalue weighted by Gasteiger charge is -2.13. The van der Waals surface area contributed by atoms with E-state index in [4.69, 9.17) is 21.2 Å². The molecule has 0 unspecified atom stereocenters. The zero-order chi connectivity index (χ0) is 21.3. The van der Waals surface area contributed by atoms with Crippen molar-refractivity contribution in [3.63, 3.8) is 0 Å². The van der Waals surface area contributed by atoms with Crippen LogP contribution in [0, 0.1) is 5.82 Å². The molecule has 7 nitrogen and oxygen atoms in total. The summed E-state index contributed by atoms with van der Waals surface area (Å²) < 4.78 is 19.0. The fourth-order valence-electron chi connectivity index (χ4n) is 2.65. The van der Waals surface area contributed by atoms with Crippen LogP contribution in [0.15, 0.2) is 53.9 Å². The van der Waals surface area contributed by atoms with Crippen LogP contribution in [-0.4, -0.2) is 29.8 Å². The van der Waals surface area contributed by atoms with E-state index in [-0.39, 0.29) is 12.4 Å². The minimum Gasteiger partial charge on any atom is -0.487 e. The van der Waals surface area contributed by atoms with E-state index in [0.717, 1.165) is 0 Å². The fraction of sp³-hybridized carbons (Fsp3) is 0.190. The second-order valence-electron chi connectivity index (χ2n) is 6.12. The summed E-state index contributed by atoms with van der Waals surface area (Å²) in [7, 11) is 1.46. The van der Waals surface area contributed by atoms with Crippen LogP contribution in [0.3, 0.4) is 0 Å². The van der Waals surface area contributed by atoms with E-state index in [1.54, 1.807) is 30.3 Å². The largest absolute Gasteiger partial charge is 0.487 e. The van der Waals surface area contributed by atoms with Gasteiger partial charge in [0, 0.05) is 12.2 Å². The molecule has 0 radical (unpaired) electrons. The first-order valence-corrected chi connectivity index (χ1v) is 9.57. The Balaban J connectivity index is 1.77. The molecule has 2 aromatic carbocycles. The first-order valence-electron chi connectivity index (χ1n) is 9.20. The highest BCUT2D eigenvalue weighted by atomic mass is 35.5. The van der Waals surface area contributed by atoms with Crippen LogP contribution in [0.25, 0.3) is 0 Å². The first kappa shape index (κ1) is 21.3. The van der Waals surface area contributed by atoms with E-state index in [9.17, 15) is 4.39 Å². The second-order valence-corrected chi connectivity index (χ2v) is 6.53. The highest BCUT2D eigenvalue weighted by Crippen LogP contribution is 2.30. The van der Waals surface area contributed by atoms with Crippen LogP contribution in [0.1, 0.15) is 18.1 Å². The van der Waals surface area contributed by atoms with E-state index in [1.165, 1.54) is 31.8 Å². The molecular weight excluding hydrogens is 409 g/mol. The Morgan fingerprint density at radius 2 is 2.00 bits per heavy atom. The first-order chi connectivity index (χ1) is 14.6. The molecule has 9 heteroatoms. The standard InChI is InChI=1S/C21H21ClFN5O2/c1-3-24-20-17(11-27-29-2)21(26-13-25-20)28-16-7-8-19(18(22)10-16)30-12-14-5-4-6-15(23)9-14/h4-11,13H,3,12H2,1-2H3,(H2,24,25,26,28). The summed E-state index contributed by atoms with van der Waals surface area (Å²) in [6, 6.07) is 11.5. The van der Waals surface area contributed by atoms with Crippen LogP contribution >= 0.6 is 11.6 Å². The summed E-state index contributed by atoms with van der Waals surface area (Å²) in [5.41, 5.74) is 2.06. The lowest BCUT2D eigenvalue weighted by Crippen LogP contribution is -2.08. The van der Waals surface area contributed by atoms with Gasteiger partial charge in [-0.1, -0.05) is 28.9 Å². The fourth-order valence-corrected chi connectivity index (χ4v) is 2.89. The number of benzene rings is 2. The summed E-state index contributed by atoms with van der Waals surface area (Å²) in [6.07, 6.45) is 2.97. The van der Waals surface area contributed by atoms with Crippen molar-refractivity contribution >= 4 is 35.1 Å². The number of ether oxygens (including phenoxy) is 1. The van der Waals surface area contributed by atoms with Crippen molar-refractivity contribution in [3.8, 4) is 5.75 Å². The van der Waals surface area contributed by atoms with Gasteiger partial charge in [-0.05, 0) is 42.8 Å². The molecule has 3 rings (SSSR count). The van der Waals surface area contributed by atoms with Gasteiger partial charge in [-0.15, -0.1) is 0 Å². The molecule has 0 bridgehead atoms. The number of aromatic nitrogens is 2. The van der Waals surface area contributed by atoms with Crippen molar-refractivity contribution in [2.45, 2.75) is 13.5 Å². The van der Waals surface area contributed by atoms with Gasteiger partial charge in [0.2, 0.25) is 0 Å². The summed E-state index contributed by atoms with van der Waals surface area (Å²) in [5.74, 6) is 1.34. The van der Waals surface area contributed by atoms with Crippen molar-refractivity contribution in [2.75, 3.05) is 24.3 Å². The van der Waals surface area contributed by atoms with E-state index >= 15 is 0 Å². The SMILES string of the molecule is CCNc1ncnc(Nc2ccc(OCc3cccc(F)c3)c(Cl)c2)c1C=NOC. The molecule has 2 N–H and O–H groups in total. The highest BCUT2D eigenvalue weighted by Gasteiger charge is 2.11. The molecule has 0 aliphatic carbocycles. The van der Waals surface area contributed by atoms with Gasteiger partial charge in [0.1, 0.15) is 43.2 Å². The highest BCUT2D eigenvalue weighted by molar-refractivity contribution is 6.32. The Morgan fingerprint density at radius 3 is 2.73 bits per heavy atom. The summed E-state index contributed by atoms with van der Waals surface area (Å²) in [6.45, 7) is 2.86. The van der Waals surface area contributed by atoms with Gasteiger partial charge in [0.05, 0.1) is 16.8 Å². The Bertz CT molecular complexity index is 1030. The lowest BCUT2D eigenvalue weighted by molar-refractivity contribution is 0.215. The van der Waals surface area contributed by atoms with Crippen LogP contribution < -0.4 is 15.4 Å². The summed E-state index contributed by atoms with van der Waals surface area (Å²) >= 11 is 6.37. The molecule has 0 fully saturated rings. The minimum atomic E-state index is -0.309. The van der Waals surface area contributed by atoms with Crippen molar-refractivity contribution in [1.82, 2.24) is 9.97 Å². The van der Waals surface area contributed by atoms with E-state index in [0.29, 0.717) is 45.8 Å². The zero-order valence-electron chi connectivity index (χ0n) is 16.5. The van der Waals surface area contributed by atoms with Gasteiger partial charge in [-0.3, -0.25) is 0 Å². The summed E-state index contributed by atoms with van der Waals surface area (Å²) in [5, 5.41) is 10.6. The van der Waals surface area contributed by atoms with Gasteiger partial charge in [0.15, 0.2) is 0 Å². The predicted molar refractivity (Wildman–Crippen MR) is 116 cm³/mol. The topological polar surface area (TPSA) is 80.7 Å². The molecule has 0 amide bonds. The van der Waals surface area contributed by atoms with Gasteiger partial charge in [-0.2, -0.15) is 0 Å². The third-order valence-electron chi connectivity index (χ3n) is 3.99. The molecule has 0 spiro atoms. The Hall–Kier alpha value is -3.39.